The van der Waals surface area contributed by atoms with E-state index in [1.807, 2.05) is 0 Å². The van der Waals surface area contributed by atoms with E-state index in [0.717, 1.165) is 110 Å². The Morgan fingerprint density at radius 1 is 0.403 bits per heavy atom. The number of rotatable bonds is 18. The zero-order chi connectivity index (χ0) is 53.9. The van der Waals surface area contributed by atoms with E-state index in [0.29, 0.717) is 48.2 Å². The Morgan fingerprint density at radius 2 is 0.792 bits per heavy atom. The Kier molecular flexibility index (Phi) is 13.1. The van der Waals surface area contributed by atoms with Crippen molar-refractivity contribution in [2.24, 2.45) is 0 Å². The van der Waals surface area contributed by atoms with Crippen LogP contribution in [0.15, 0.2) is 182 Å². The third kappa shape index (κ3) is 9.07. The van der Waals surface area contributed by atoms with E-state index in [4.69, 9.17) is 18.9 Å². The van der Waals surface area contributed by atoms with Crippen LogP contribution in [0.2, 0.25) is 0 Å². The normalized spacial score (nSPS) is 13.8. The maximum absolute atomic E-state index is 13.6. The molecule has 0 saturated heterocycles. The fourth-order valence-electron chi connectivity index (χ4n) is 11.6. The minimum absolute atomic E-state index is 0.0274. The predicted octanol–water partition coefficient (Wildman–Crippen LogP) is 15.8. The highest BCUT2D eigenvalue weighted by Crippen LogP contribution is 2.55. The molecule has 0 bridgehead atoms. The molecule has 10 aromatic rings. The van der Waals surface area contributed by atoms with Crippen molar-refractivity contribution in [2.75, 3.05) is 19.8 Å². The van der Waals surface area contributed by atoms with Crippen molar-refractivity contribution >= 4 is 88.5 Å². The van der Waals surface area contributed by atoms with Gasteiger partial charge in [0.25, 0.3) is 0 Å². The smallest absolute Gasteiger partial charge is 0.333 e. The van der Waals surface area contributed by atoms with Crippen LogP contribution in [-0.4, -0.2) is 43.7 Å². The second-order valence-electron chi connectivity index (χ2n) is 21.0. The van der Waals surface area contributed by atoms with Gasteiger partial charge < -0.3 is 18.9 Å². The van der Waals surface area contributed by atoms with Crippen LogP contribution in [0.3, 0.4) is 0 Å². The number of hydrogen-bond donors (Lipinski definition) is 0. The Morgan fingerprint density at radius 3 is 1.27 bits per heavy atom. The van der Waals surface area contributed by atoms with Crippen LogP contribution in [0.4, 0.5) is 0 Å². The molecule has 0 amide bonds. The largest absolute Gasteiger partial charge is 0.462 e. The summed E-state index contributed by atoms with van der Waals surface area (Å²) in [4.78, 5) is 50.6. The van der Waals surface area contributed by atoms with Crippen LogP contribution in [0.5, 0.6) is 0 Å². The van der Waals surface area contributed by atoms with Gasteiger partial charge in [0.2, 0.25) is 0 Å². The standard InChI is InChI=1S/C69H58O8/c1-39(2)65(70)74-29-9-11-43-31-49-14-12-45-16-22-53(57-26-20-51(32-43)61(49)63(45)57)47-18-24-55-56-25-19-48(36-60(56)69(59(55)35-47,38-77-68(73)42(7)8)28-10-30-75-66(71)40(3)4)54-23-17-46-13-15-50-33-44(37-76-67(72)41(5)6)34-52-21-27-58(54)64(46)62(50)52/h12-27,31-36H,1,3,5,7,9-11,28-30,37-38H2,2,4,6,8H3. The Balaban J connectivity index is 1.03. The summed E-state index contributed by atoms with van der Waals surface area (Å²) in [7, 11) is 0. The molecule has 1 aliphatic rings. The first kappa shape index (κ1) is 50.3. The van der Waals surface area contributed by atoms with Gasteiger partial charge >= 0.3 is 23.9 Å². The third-order valence-corrected chi connectivity index (χ3v) is 15.3. The number of carbonyl (C=O) groups excluding carboxylic acids is 4. The third-order valence-electron chi connectivity index (χ3n) is 15.3. The first-order valence-electron chi connectivity index (χ1n) is 26.1. The highest BCUT2D eigenvalue weighted by molar-refractivity contribution is 6.27. The van der Waals surface area contributed by atoms with Crippen molar-refractivity contribution in [2.45, 2.75) is 65.4 Å². The molecule has 0 fully saturated rings. The maximum atomic E-state index is 13.6. The molecule has 8 nitrogen and oxygen atoms in total. The van der Waals surface area contributed by atoms with Crippen molar-refractivity contribution in [1.82, 2.24) is 0 Å². The lowest BCUT2D eigenvalue weighted by Crippen LogP contribution is -2.33. The zero-order valence-electron chi connectivity index (χ0n) is 44.0. The summed E-state index contributed by atoms with van der Waals surface area (Å²) in [5.41, 5.74) is 10.9. The van der Waals surface area contributed by atoms with Crippen LogP contribution >= 0.6 is 0 Å². The Labute approximate surface area is 447 Å². The molecular formula is C69H58O8. The van der Waals surface area contributed by atoms with Gasteiger partial charge in [-0.05, 0) is 198 Å². The van der Waals surface area contributed by atoms with E-state index in [2.05, 4.69) is 160 Å². The molecule has 0 aliphatic heterocycles. The summed E-state index contributed by atoms with van der Waals surface area (Å²) < 4.78 is 23.0. The summed E-state index contributed by atoms with van der Waals surface area (Å²) in [6, 6.07) is 48.2. The van der Waals surface area contributed by atoms with Crippen molar-refractivity contribution in [3.8, 4) is 33.4 Å². The molecular weight excluding hydrogens is 957 g/mol. The van der Waals surface area contributed by atoms with E-state index >= 15 is 0 Å². The van der Waals surface area contributed by atoms with Crippen molar-refractivity contribution in [3.63, 3.8) is 0 Å². The van der Waals surface area contributed by atoms with Crippen molar-refractivity contribution < 1.29 is 38.1 Å². The predicted molar refractivity (Wildman–Crippen MR) is 310 cm³/mol. The van der Waals surface area contributed by atoms with Gasteiger partial charge in [0.1, 0.15) is 13.2 Å². The van der Waals surface area contributed by atoms with Crippen LogP contribution < -0.4 is 0 Å². The summed E-state index contributed by atoms with van der Waals surface area (Å²) in [5.74, 6) is -1.72. The number of aryl methyl sites for hydroxylation is 1. The van der Waals surface area contributed by atoms with Gasteiger partial charge in [0.05, 0.1) is 18.6 Å². The Hall–Kier alpha value is -8.88. The van der Waals surface area contributed by atoms with Gasteiger partial charge in [-0.2, -0.15) is 0 Å². The minimum Gasteiger partial charge on any atom is -0.462 e. The van der Waals surface area contributed by atoms with Crippen LogP contribution in [0, 0.1) is 0 Å². The number of esters is 4. The van der Waals surface area contributed by atoms with Gasteiger partial charge in [0.15, 0.2) is 0 Å². The fraction of sp³-hybridized carbons (Fsp3) is 0.188. The number of ether oxygens (including phenoxy) is 4. The second kappa shape index (κ2) is 20.0. The zero-order valence-corrected chi connectivity index (χ0v) is 44.0. The van der Waals surface area contributed by atoms with Gasteiger partial charge in [-0.1, -0.05) is 136 Å². The van der Waals surface area contributed by atoms with Gasteiger partial charge in [-0.3, -0.25) is 0 Å². The quantitative estimate of drug-likeness (QED) is 0.0275. The molecule has 11 rings (SSSR count). The molecule has 10 aromatic carbocycles. The molecule has 0 aromatic heterocycles. The Bertz CT molecular complexity index is 4120. The van der Waals surface area contributed by atoms with E-state index in [9.17, 15) is 19.2 Å². The molecule has 1 atom stereocenters. The fourth-order valence-corrected chi connectivity index (χ4v) is 11.6. The van der Waals surface area contributed by atoms with E-state index in [1.165, 1.54) is 16.3 Å². The summed E-state index contributed by atoms with van der Waals surface area (Å²) >= 11 is 0. The molecule has 8 heteroatoms. The average Bonchev–Trinajstić information content (AvgIpc) is 4.01. The molecule has 0 radical (unpaired) electrons. The lowest BCUT2D eigenvalue weighted by Gasteiger charge is -2.32. The van der Waals surface area contributed by atoms with Gasteiger partial charge in [-0.25, -0.2) is 19.2 Å². The SMILES string of the molecule is C=C(C)C(=O)OCCCc1cc2ccc3ccc(-c4ccc5c(c4)C(CCCOC(=O)C(=C)C)(COC(=O)C(=C)C)c4cc(-c6ccc7ccc8cc(COC(=O)C(=C)C)cc9ccc6c7c89)ccc4-5)c4ccc(c1)c2c34. The number of hydrogen-bond acceptors (Lipinski definition) is 8. The molecule has 382 valence electrons. The van der Waals surface area contributed by atoms with Gasteiger partial charge in [0, 0.05) is 22.3 Å². The summed E-state index contributed by atoms with van der Waals surface area (Å²) in [5, 5.41) is 13.5. The minimum atomic E-state index is -0.867. The van der Waals surface area contributed by atoms with E-state index in [1.54, 1.807) is 27.7 Å². The first-order valence-corrected chi connectivity index (χ1v) is 26.1. The van der Waals surface area contributed by atoms with Crippen molar-refractivity contribution in [1.29, 1.82) is 0 Å². The highest BCUT2D eigenvalue weighted by Gasteiger charge is 2.45. The molecule has 0 spiro atoms. The highest BCUT2D eigenvalue weighted by atomic mass is 16.5. The molecule has 1 unspecified atom stereocenters. The number of carbonyl (C=O) groups is 4. The number of benzene rings is 10. The van der Waals surface area contributed by atoms with E-state index in [-0.39, 0.29) is 25.8 Å². The molecule has 77 heavy (non-hydrogen) atoms. The van der Waals surface area contributed by atoms with Crippen LogP contribution in [0.25, 0.3) is 98.0 Å². The molecule has 1 aliphatic carbocycles. The number of fused-ring (bicyclic) bond motifs is 3. The average molecular weight is 1020 g/mol. The molecule has 0 heterocycles. The van der Waals surface area contributed by atoms with Crippen molar-refractivity contribution in [3.05, 3.63) is 204 Å². The lowest BCUT2D eigenvalue weighted by atomic mass is 9.74. The second-order valence-corrected chi connectivity index (χ2v) is 21.0. The lowest BCUT2D eigenvalue weighted by molar-refractivity contribution is -0.141. The van der Waals surface area contributed by atoms with Crippen LogP contribution in [0.1, 0.15) is 69.2 Å². The van der Waals surface area contributed by atoms with Crippen LogP contribution in [-0.2, 0) is 56.6 Å². The molecule has 0 saturated carbocycles. The molecule has 0 N–H and O–H groups in total. The van der Waals surface area contributed by atoms with E-state index < -0.39 is 23.3 Å². The maximum Gasteiger partial charge on any atom is 0.333 e. The first-order chi connectivity index (χ1) is 37.1. The summed E-state index contributed by atoms with van der Waals surface area (Å²) in [6.07, 6.45) is 2.44. The van der Waals surface area contributed by atoms with Gasteiger partial charge in [-0.15, -0.1) is 0 Å². The monoisotopic (exact) mass is 1010 g/mol. The summed E-state index contributed by atoms with van der Waals surface area (Å²) in [6.45, 7) is 22.4. The topological polar surface area (TPSA) is 105 Å².